The molecular weight excluding hydrogens is 663 g/mol. The van der Waals surface area contributed by atoms with Gasteiger partial charge in [0, 0.05) is 5.92 Å². The van der Waals surface area contributed by atoms with Gasteiger partial charge < -0.3 is 18.9 Å². The fourth-order valence-electron chi connectivity index (χ4n) is 6.11. The number of methoxy groups -OCH3 is 3. The highest BCUT2D eigenvalue weighted by atomic mass is 32.2. The number of thioether (sulfide) groups is 1. The molecule has 2 unspecified atom stereocenters. The number of hydrogen-bond acceptors (Lipinski definition) is 10. The number of nitrogens with zero attached hydrogens (tertiary/aromatic N) is 3. The number of benzene rings is 3. The number of allylic oxidation sites excluding steroid dienone is 1. The summed E-state index contributed by atoms with van der Waals surface area (Å²) in [7, 11) is 4.81. The van der Waals surface area contributed by atoms with Gasteiger partial charge in [-0.25, -0.2) is 5.01 Å². The zero-order valence-corrected chi connectivity index (χ0v) is 28.9. The predicted molar refractivity (Wildman–Crippen MR) is 192 cm³/mol. The van der Waals surface area contributed by atoms with E-state index in [0.717, 1.165) is 64.7 Å². The van der Waals surface area contributed by atoms with Crippen LogP contribution in [0.5, 0.6) is 17.2 Å². The lowest BCUT2D eigenvalue weighted by Crippen LogP contribution is -2.37. The van der Waals surface area contributed by atoms with Crippen LogP contribution in [-0.4, -0.2) is 72.2 Å². The van der Waals surface area contributed by atoms with Crippen LogP contribution < -0.4 is 14.2 Å². The van der Waals surface area contributed by atoms with Gasteiger partial charge in [-0.15, -0.1) is 0 Å². The molecule has 12 heteroatoms. The second-order valence-electron chi connectivity index (χ2n) is 11.6. The molecule has 0 radical (unpaired) electrons. The van der Waals surface area contributed by atoms with E-state index in [1.807, 2.05) is 60.7 Å². The first-order chi connectivity index (χ1) is 23.8. The zero-order chi connectivity index (χ0) is 34.5. The summed E-state index contributed by atoms with van der Waals surface area (Å²) in [5, 5.41) is 6.31. The summed E-state index contributed by atoms with van der Waals surface area (Å²) < 4.78 is 21.5. The quantitative estimate of drug-likeness (QED) is 0.138. The Bertz CT molecular complexity index is 1840. The van der Waals surface area contributed by atoms with Crippen molar-refractivity contribution in [3.63, 3.8) is 0 Å². The first kappa shape index (κ1) is 33.9. The molecule has 49 heavy (non-hydrogen) atoms. The van der Waals surface area contributed by atoms with E-state index in [9.17, 15) is 14.4 Å². The van der Waals surface area contributed by atoms with E-state index in [1.165, 1.54) is 9.91 Å². The van der Waals surface area contributed by atoms with Crippen molar-refractivity contribution in [1.29, 1.82) is 0 Å². The number of carbonyl (C=O) groups excluding carboxylic acids is 3. The fraction of sp³-hybridized carbons (Fsp3) is 0.270. The molecule has 0 bridgehead atoms. The predicted octanol–water partition coefficient (Wildman–Crippen LogP) is 6.28. The summed E-state index contributed by atoms with van der Waals surface area (Å²) >= 11 is 6.50. The normalized spacial score (nSPS) is 20.3. The van der Waals surface area contributed by atoms with E-state index < -0.39 is 30.9 Å². The van der Waals surface area contributed by atoms with Crippen LogP contribution in [0.2, 0.25) is 0 Å². The highest BCUT2D eigenvalue weighted by Gasteiger charge is 2.44. The van der Waals surface area contributed by atoms with Crippen molar-refractivity contribution in [3.8, 4) is 17.2 Å². The van der Waals surface area contributed by atoms with E-state index in [-0.39, 0.29) is 16.3 Å². The van der Waals surface area contributed by atoms with Gasteiger partial charge in [0.2, 0.25) is 0 Å². The molecular formula is C37H35N3O7S2. The van der Waals surface area contributed by atoms with Gasteiger partial charge >= 0.3 is 5.97 Å². The van der Waals surface area contributed by atoms with Gasteiger partial charge in [0.25, 0.3) is 11.8 Å². The first-order valence-corrected chi connectivity index (χ1v) is 16.9. The van der Waals surface area contributed by atoms with Crippen LogP contribution in [-0.2, 0) is 19.1 Å². The molecule has 3 aromatic rings. The Morgan fingerprint density at radius 2 is 1.45 bits per heavy atom. The average molecular weight is 698 g/mol. The average Bonchev–Trinajstić information content (AvgIpc) is 3.65. The molecule has 2 aliphatic heterocycles. The molecule has 10 nitrogen and oxygen atoms in total. The molecule has 252 valence electrons. The van der Waals surface area contributed by atoms with Crippen LogP contribution in [0.4, 0.5) is 0 Å². The van der Waals surface area contributed by atoms with Crippen molar-refractivity contribution in [1.82, 2.24) is 9.91 Å². The standard InChI is InChI=1S/C37H35N3O7S2/c1-44-27-13-7-23(8-14-27)19-26-5-4-6-30-34(26)38-40(35(30)25-11-17-29(46-3)18-12-25)32(41)22-47-33(42)21-39-36(43)31(49-37(39)48)20-24-9-15-28(45-2)16-10-24/h7-20,30,35H,4-6,21-22H2,1-3H3/b26-19-,31-20+. The lowest BCUT2D eigenvalue weighted by molar-refractivity contribution is -0.154. The summed E-state index contributed by atoms with van der Waals surface area (Å²) in [4.78, 5) is 41.4. The van der Waals surface area contributed by atoms with Crippen LogP contribution >= 0.6 is 24.0 Å². The molecule has 2 atom stereocenters. The monoisotopic (exact) mass is 697 g/mol. The minimum Gasteiger partial charge on any atom is -0.497 e. The van der Waals surface area contributed by atoms with Gasteiger partial charge in [0.1, 0.15) is 28.1 Å². The lowest BCUT2D eigenvalue weighted by Gasteiger charge is -2.29. The number of fused-ring (bicyclic) bond motifs is 1. The van der Waals surface area contributed by atoms with Crippen LogP contribution in [0, 0.1) is 5.92 Å². The maximum atomic E-state index is 13.8. The van der Waals surface area contributed by atoms with Crippen molar-refractivity contribution < 1.29 is 33.3 Å². The molecule has 3 aromatic carbocycles. The summed E-state index contributed by atoms with van der Waals surface area (Å²) in [5.41, 5.74) is 4.60. The van der Waals surface area contributed by atoms with Crippen molar-refractivity contribution >= 4 is 63.9 Å². The summed E-state index contributed by atoms with van der Waals surface area (Å²) in [6.07, 6.45) is 6.42. The summed E-state index contributed by atoms with van der Waals surface area (Å²) in [6, 6.07) is 22.2. The number of hydrazone groups is 1. The Morgan fingerprint density at radius 3 is 2.04 bits per heavy atom. The number of rotatable bonds is 10. The number of hydrogen-bond donors (Lipinski definition) is 0. The molecule has 0 aromatic heterocycles. The molecule has 2 fully saturated rings. The Morgan fingerprint density at radius 1 is 0.878 bits per heavy atom. The Kier molecular flexibility index (Phi) is 10.4. The SMILES string of the molecule is COc1ccc(/C=C2/CCCC3C2=NN(C(=O)COC(=O)CN2C(=O)/C(=C\c4ccc(OC)cc4)SC2=S)C3c2ccc(OC)cc2)cc1. The van der Waals surface area contributed by atoms with Gasteiger partial charge in [-0.2, -0.15) is 5.10 Å². The lowest BCUT2D eigenvalue weighted by atomic mass is 9.77. The Balaban J connectivity index is 1.17. The molecule has 2 heterocycles. The number of thiocarbonyl (C=S) groups is 1. The molecule has 2 amide bonds. The van der Waals surface area contributed by atoms with Crippen molar-refractivity contribution in [3.05, 3.63) is 100.0 Å². The molecule has 0 spiro atoms. The highest BCUT2D eigenvalue weighted by molar-refractivity contribution is 8.26. The second-order valence-corrected chi connectivity index (χ2v) is 13.3. The first-order valence-electron chi connectivity index (χ1n) is 15.7. The topological polar surface area (TPSA) is 107 Å². The van der Waals surface area contributed by atoms with Gasteiger partial charge in [-0.1, -0.05) is 60.4 Å². The van der Waals surface area contributed by atoms with E-state index in [2.05, 4.69) is 6.08 Å². The largest absolute Gasteiger partial charge is 0.497 e. The highest BCUT2D eigenvalue weighted by Crippen LogP contribution is 2.45. The minimum absolute atomic E-state index is 0.0428. The third kappa shape index (κ3) is 7.55. The van der Waals surface area contributed by atoms with Gasteiger partial charge in [0.15, 0.2) is 6.61 Å². The molecule has 1 saturated carbocycles. The maximum Gasteiger partial charge on any atom is 0.326 e. The summed E-state index contributed by atoms with van der Waals surface area (Å²) in [6.45, 7) is -0.950. The number of amides is 2. The summed E-state index contributed by atoms with van der Waals surface area (Å²) in [5.74, 6) is 0.506. The fourth-order valence-corrected chi connectivity index (χ4v) is 7.37. The number of carbonyl (C=O) groups is 3. The van der Waals surface area contributed by atoms with Crippen LogP contribution in [0.25, 0.3) is 12.2 Å². The number of esters is 1. The molecule has 6 rings (SSSR count). The van der Waals surface area contributed by atoms with Gasteiger partial charge in [-0.3, -0.25) is 19.3 Å². The van der Waals surface area contributed by atoms with E-state index in [0.29, 0.717) is 16.4 Å². The smallest absolute Gasteiger partial charge is 0.326 e. The van der Waals surface area contributed by atoms with Crippen molar-refractivity contribution in [2.24, 2.45) is 11.0 Å². The van der Waals surface area contributed by atoms with E-state index in [4.69, 9.17) is 36.3 Å². The zero-order valence-electron chi connectivity index (χ0n) is 27.3. The van der Waals surface area contributed by atoms with E-state index in [1.54, 1.807) is 39.5 Å². The van der Waals surface area contributed by atoms with Crippen LogP contribution in [0.1, 0.15) is 42.0 Å². The molecule has 0 N–H and O–H groups in total. The minimum atomic E-state index is -0.749. The molecule has 1 aliphatic carbocycles. The Labute approximate surface area is 294 Å². The number of ether oxygens (including phenoxy) is 4. The van der Waals surface area contributed by atoms with E-state index >= 15 is 0 Å². The molecule has 1 saturated heterocycles. The van der Waals surface area contributed by atoms with Crippen LogP contribution in [0.3, 0.4) is 0 Å². The second kappa shape index (κ2) is 15.1. The van der Waals surface area contributed by atoms with Crippen molar-refractivity contribution in [2.75, 3.05) is 34.5 Å². The van der Waals surface area contributed by atoms with Gasteiger partial charge in [0.05, 0.1) is 38.0 Å². The third-order valence-corrected chi connectivity index (χ3v) is 9.98. The molecule has 3 aliphatic rings. The third-order valence-electron chi connectivity index (χ3n) is 8.60. The maximum absolute atomic E-state index is 13.8. The van der Waals surface area contributed by atoms with Crippen LogP contribution in [0.15, 0.2) is 88.4 Å². The Hall–Kier alpha value is -4.94. The van der Waals surface area contributed by atoms with Crippen molar-refractivity contribution in [2.45, 2.75) is 25.3 Å². The van der Waals surface area contributed by atoms with Gasteiger partial charge in [-0.05, 0) is 90.1 Å².